The average molecular weight is 656 g/mol. The number of ether oxygens (including phenoxy) is 1. The summed E-state index contributed by atoms with van der Waals surface area (Å²) in [5.74, 6) is -2.10. The van der Waals surface area contributed by atoms with Crippen LogP contribution in [0.5, 0.6) is 11.5 Å². The second-order valence-electron chi connectivity index (χ2n) is 11.5. The highest BCUT2D eigenvalue weighted by Gasteiger charge is 2.19. The molecule has 47 heavy (non-hydrogen) atoms. The topological polar surface area (TPSA) is 159 Å². The molecule has 0 heterocycles. The fourth-order valence-electron chi connectivity index (χ4n) is 4.72. The predicted molar refractivity (Wildman–Crippen MR) is 181 cm³/mol. The number of unbranched alkanes of at least 4 members (excludes halogenated alkanes) is 8. The molecule has 2 aromatic rings. The number of allylic oxidation sites excluding steroid dienone is 2. The van der Waals surface area contributed by atoms with Crippen molar-refractivity contribution in [2.45, 2.75) is 109 Å². The second-order valence-corrected chi connectivity index (χ2v) is 11.5. The molecule has 0 saturated heterocycles. The number of hydrogen-bond acceptors (Lipinski definition) is 7. The predicted octanol–water partition coefficient (Wildman–Crippen LogP) is 8.00. The zero-order valence-corrected chi connectivity index (χ0v) is 27.9. The number of carbonyl (C=O) groups excluding carboxylic acids is 1. The number of aliphatic carboxylic acids is 3. The monoisotopic (exact) mass is 655 g/mol. The summed E-state index contributed by atoms with van der Waals surface area (Å²) in [5.41, 5.74) is 3.34. The van der Waals surface area contributed by atoms with Gasteiger partial charge in [0.15, 0.2) is 0 Å². The van der Waals surface area contributed by atoms with Gasteiger partial charge in [-0.3, -0.25) is 19.2 Å². The van der Waals surface area contributed by atoms with Gasteiger partial charge in [0.25, 0.3) is 0 Å². The number of rotatable bonds is 25. The van der Waals surface area contributed by atoms with Gasteiger partial charge >= 0.3 is 17.9 Å². The molecule has 2 rings (SSSR count). The van der Waals surface area contributed by atoms with Gasteiger partial charge in [-0.2, -0.15) is 5.48 Å². The molecule has 4 N–H and O–H groups in total. The summed E-state index contributed by atoms with van der Waals surface area (Å²) < 4.78 is 5.68. The minimum absolute atomic E-state index is 0.258. The van der Waals surface area contributed by atoms with Crippen LogP contribution < -0.4 is 10.2 Å². The lowest BCUT2D eigenvalue weighted by Gasteiger charge is -2.13. The number of hydroxylamine groups is 1. The number of ketones is 1. The van der Waals surface area contributed by atoms with Gasteiger partial charge < -0.3 is 24.9 Å². The van der Waals surface area contributed by atoms with Crippen molar-refractivity contribution in [3.05, 3.63) is 72.3 Å². The lowest BCUT2D eigenvalue weighted by molar-refractivity contribution is -0.148. The molecule has 10 heteroatoms. The van der Waals surface area contributed by atoms with Crippen molar-refractivity contribution in [2.24, 2.45) is 5.92 Å². The van der Waals surface area contributed by atoms with Crippen LogP contribution in [0.4, 0.5) is 0 Å². The summed E-state index contributed by atoms with van der Waals surface area (Å²) in [6.45, 7) is 2.19. The van der Waals surface area contributed by atoms with E-state index in [1.807, 2.05) is 60.7 Å². The fraction of sp³-hybridized carbons (Fsp3) is 0.514. The first kappa shape index (κ1) is 41.0. The van der Waals surface area contributed by atoms with Crippen LogP contribution >= 0.6 is 0 Å². The molecule has 10 nitrogen and oxygen atoms in total. The van der Waals surface area contributed by atoms with Crippen LogP contribution in [-0.2, 0) is 30.4 Å². The van der Waals surface area contributed by atoms with E-state index < -0.39 is 29.9 Å². The molecule has 0 aliphatic carbocycles. The van der Waals surface area contributed by atoms with E-state index in [2.05, 4.69) is 17.2 Å². The van der Waals surface area contributed by atoms with Crippen molar-refractivity contribution >= 4 is 23.7 Å². The first-order chi connectivity index (χ1) is 22.7. The van der Waals surface area contributed by atoms with Crippen LogP contribution in [-0.4, -0.2) is 52.2 Å². The molecule has 0 aromatic heterocycles. The summed E-state index contributed by atoms with van der Waals surface area (Å²) >= 11 is 0. The standard InChI is InChI=1S/C21H36O5.C16H17NO4/c1-2-3-4-8-12-15-19(22)16-13-10-7-5-6-9-11-14-18(21(25)26)17-20(23)24;1-20-17-15(16(18)19)11-12-7-9-14(10-8-12)21-13-5-3-2-4-6-13/h9,11,18H,2-8,10,12-17H2,1H3,(H,23,24)(H,25,26);2-10,15,17H,11H2,1H3,(H,18,19)/b11-9+;. The molecule has 0 amide bonds. The first-order valence-corrected chi connectivity index (χ1v) is 16.6. The Bertz CT molecular complexity index is 1180. The summed E-state index contributed by atoms with van der Waals surface area (Å²) in [4.78, 5) is 49.0. The number of nitrogens with one attached hydrogen (secondary N) is 1. The minimum Gasteiger partial charge on any atom is -0.481 e. The van der Waals surface area contributed by atoms with E-state index in [1.54, 1.807) is 6.08 Å². The van der Waals surface area contributed by atoms with Gasteiger partial charge in [0.05, 0.1) is 19.4 Å². The molecule has 0 aliphatic heterocycles. The van der Waals surface area contributed by atoms with Crippen LogP contribution in [0.3, 0.4) is 0 Å². The van der Waals surface area contributed by atoms with Gasteiger partial charge in [-0.1, -0.05) is 87.9 Å². The highest BCUT2D eigenvalue weighted by Crippen LogP contribution is 2.21. The van der Waals surface area contributed by atoms with E-state index in [0.29, 0.717) is 24.4 Å². The number of carboxylic acids is 3. The molecule has 0 spiro atoms. The second kappa shape index (κ2) is 26.1. The molecule has 2 atom stereocenters. The Kier molecular flexibility index (Phi) is 22.8. The van der Waals surface area contributed by atoms with Gasteiger partial charge in [-0.15, -0.1) is 0 Å². The average Bonchev–Trinajstić information content (AvgIpc) is 3.04. The van der Waals surface area contributed by atoms with E-state index in [1.165, 1.54) is 32.8 Å². The Hall–Kier alpha value is -4.02. The number of carboxylic acid groups (broad SMARTS) is 3. The molecule has 260 valence electrons. The number of Topliss-reactive ketones (excluding diaryl/α,β-unsaturated/α-hetero) is 1. The van der Waals surface area contributed by atoms with Crippen LogP contribution in [0.15, 0.2) is 66.7 Å². The SMILES string of the molecule is CCCCCCCC(=O)CCCCCC/C=C/CC(CC(=O)O)C(=O)O.CONC(Cc1ccc(Oc2ccccc2)cc1)C(=O)O. The highest BCUT2D eigenvalue weighted by atomic mass is 16.6. The number of hydrogen-bond donors (Lipinski definition) is 4. The zero-order chi connectivity index (χ0) is 34.7. The molecule has 0 bridgehead atoms. The Morgan fingerprint density at radius 3 is 1.89 bits per heavy atom. The van der Waals surface area contributed by atoms with Crippen molar-refractivity contribution in [1.82, 2.24) is 5.48 Å². The quantitative estimate of drug-likeness (QED) is 0.0469. The Balaban J connectivity index is 0.000000479. The zero-order valence-electron chi connectivity index (χ0n) is 27.9. The fourth-order valence-corrected chi connectivity index (χ4v) is 4.72. The first-order valence-electron chi connectivity index (χ1n) is 16.6. The van der Waals surface area contributed by atoms with Crippen molar-refractivity contribution in [3.63, 3.8) is 0 Å². The van der Waals surface area contributed by atoms with Gasteiger partial charge in [-0.05, 0) is 61.9 Å². The van der Waals surface area contributed by atoms with Crippen LogP contribution in [0.2, 0.25) is 0 Å². The summed E-state index contributed by atoms with van der Waals surface area (Å²) in [5, 5.41) is 26.6. The molecule has 0 radical (unpaired) electrons. The number of para-hydroxylation sites is 1. The normalized spacial score (nSPS) is 12.1. The van der Waals surface area contributed by atoms with Crippen molar-refractivity contribution in [1.29, 1.82) is 0 Å². The Labute approximate surface area is 279 Å². The molecular formula is C37H53NO9. The van der Waals surface area contributed by atoms with Crippen molar-refractivity contribution in [2.75, 3.05) is 7.11 Å². The third-order valence-electron chi connectivity index (χ3n) is 7.39. The number of carbonyl (C=O) groups is 4. The summed E-state index contributed by atoms with van der Waals surface area (Å²) in [6, 6.07) is 16.0. The number of benzene rings is 2. The molecule has 2 aromatic carbocycles. The van der Waals surface area contributed by atoms with E-state index >= 15 is 0 Å². The van der Waals surface area contributed by atoms with Gasteiger partial charge in [0, 0.05) is 19.3 Å². The van der Waals surface area contributed by atoms with Crippen LogP contribution in [0, 0.1) is 5.92 Å². The maximum atomic E-state index is 11.7. The van der Waals surface area contributed by atoms with Gasteiger partial charge in [-0.25, -0.2) is 0 Å². The Morgan fingerprint density at radius 1 is 0.745 bits per heavy atom. The maximum absolute atomic E-state index is 11.7. The molecule has 0 fully saturated rings. The summed E-state index contributed by atoms with van der Waals surface area (Å²) in [6.07, 6.45) is 16.2. The van der Waals surface area contributed by atoms with Crippen molar-refractivity contribution < 1.29 is 44.1 Å². The largest absolute Gasteiger partial charge is 0.481 e. The lowest BCUT2D eigenvalue weighted by Crippen LogP contribution is -2.37. The van der Waals surface area contributed by atoms with Gasteiger partial charge in [0.2, 0.25) is 0 Å². The van der Waals surface area contributed by atoms with Crippen LogP contribution in [0.25, 0.3) is 0 Å². The maximum Gasteiger partial charge on any atom is 0.323 e. The lowest BCUT2D eigenvalue weighted by atomic mass is 10.0. The molecule has 2 unspecified atom stereocenters. The Morgan fingerprint density at radius 2 is 1.34 bits per heavy atom. The molecular weight excluding hydrogens is 602 g/mol. The van der Waals surface area contributed by atoms with E-state index in [4.69, 9.17) is 20.1 Å². The highest BCUT2D eigenvalue weighted by molar-refractivity contribution is 5.78. The molecule has 0 saturated carbocycles. The summed E-state index contributed by atoms with van der Waals surface area (Å²) in [7, 11) is 1.40. The minimum atomic E-state index is -1.08. The van der Waals surface area contributed by atoms with Crippen LogP contribution in [0.1, 0.15) is 102 Å². The van der Waals surface area contributed by atoms with Crippen molar-refractivity contribution in [3.8, 4) is 11.5 Å². The smallest absolute Gasteiger partial charge is 0.323 e. The van der Waals surface area contributed by atoms with E-state index in [-0.39, 0.29) is 12.8 Å². The van der Waals surface area contributed by atoms with Gasteiger partial charge in [0.1, 0.15) is 23.3 Å². The molecule has 0 aliphatic rings. The third kappa shape index (κ3) is 21.4. The van der Waals surface area contributed by atoms with E-state index in [0.717, 1.165) is 56.3 Å². The van der Waals surface area contributed by atoms with E-state index in [9.17, 15) is 19.2 Å². The third-order valence-corrected chi connectivity index (χ3v) is 7.39.